The largest absolute Gasteiger partial charge is 0.494 e. The second-order valence-electron chi connectivity index (χ2n) is 4.72. The van der Waals surface area contributed by atoms with Crippen LogP contribution in [0.4, 0.5) is 5.69 Å². The number of hydrogen-bond acceptors (Lipinski definition) is 3. The van der Waals surface area contributed by atoms with E-state index in [1.165, 1.54) is 5.56 Å². The van der Waals surface area contributed by atoms with E-state index >= 15 is 0 Å². The van der Waals surface area contributed by atoms with Crippen LogP contribution in [0.15, 0.2) is 34.7 Å². The van der Waals surface area contributed by atoms with Crippen molar-refractivity contribution in [3.8, 4) is 5.75 Å². The van der Waals surface area contributed by atoms with E-state index in [1.807, 2.05) is 44.2 Å². The second-order valence-corrected chi connectivity index (χ2v) is 4.72. The molecule has 1 heterocycles. The molecule has 102 valence electrons. The lowest BCUT2D eigenvalue weighted by atomic mass is 10.1. The Kier molecular flexibility index (Phi) is 4.15. The summed E-state index contributed by atoms with van der Waals surface area (Å²) >= 11 is 0. The first-order chi connectivity index (χ1) is 9.10. The summed E-state index contributed by atoms with van der Waals surface area (Å²) in [7, 11) is 0. The summed E-state index contributed by atoms with van der Waals surface area (Å²) in [6.45, 7) is 8.80. The molecular formula is C16H21NO2. The first kappa shape index (κ1) is 13.5. The molecule has 3 heteroatoms. The molecular weight excluding hydrogens is 238 g/mol. The molecule has 0 saturated carbocycles. The predicted octanol–water partition coefficient (Wildman–Crippen LogP) is 4.47. The van der Waals surface area contributed by atoms with E-state index in [2.05, 4.69) is 19.2 Å². The van der Waals surface area contributed by atoms with E-state index in [1.54, 1.807) is 0 Å². The third kappa shape index (κ3) is 3.31. The Labute approximate surface area is 114 Å². The third-order valence-corrected chi connectivity index (χ3v) is 3.07. The van der Waals surface area contributed by atoms with E-state index < -0.39 is 0 Å². The van der Waals surface area contributed by atoms with Gasteiger partial charge in [0.2, 0.25) is 0 Å². The van der Waals surface area contributed by atoms with Crippen LogP contribution in [-0.4, -0.2) is 6.61 Å². The molecule has 1 unspecified atom stereocenters. The topological polar surface area (TPSA) is 34.4 Å². The fraction of sp³-hybridized carbons (Fsp3) is 0.375. The molecule has 0 fully saturated rings. The summed E-state index contributed by atoms with van der Waals surface area (Å²) in [4.78, 5) is 0. The van der Waals surface area contributed by atoms with Gasteiger partial charge < -0.3 is 14.5 Å². The van der Waals surface area contributed by atoms with Crippen molar-refractivity contribution in [2.75, 3.05) is 11.9 Å². The van der Waals surface area contributed by atoms with Crippen LogP contribution in [0.1, 0.15) is 37.0 Å². The molecule has 3 nitrogen and oxygen atoms in total. The van der Waals surface area contributed by atoms with Gasteiger partial charge in [0.05, 0.1) is 12.6 Å². The minimum absolute atomic E-state index is 0.144. The van der Waals surface area contributed by atoms with Crippen LogP contribution in [0.5, 0.6) is 5.75 Å². The normalized spacial score (nSPS) is 12.2. The molecule has 2 aromatic rings. The molecule has 0 aliphatic rings. The van der Waals surface area contributed by atoms with Crippen molar-refractivity contribution in [2.24, 2.45) is 0 Å². The van der Waals surface area contributed by atoms with Crippen LogP contribution in [0, 0.1) is 13.8 Å². The van der Waals surface area contributed by atoms with Gasteiger partial charge in [0.25, 0.3) is 0 Å². The molecule has 1 aromatic heterocycles. The lowest BCUT2D eigenvalue weighted by molar-refractivity contribution is 0.340. The van der Waals surface area contributed by atoms with Crippen LogP contribution in [0.25, 0.3) is 0 Å². The first-order valence-corrected chi connectivity index (χ1v) is 6.66. The van der Waals surface area contributed by atoms with Gasteiger partial charge in [-0.2, -0.15) is 0 Å². The van der Waals surface area contributed by atoms with Gasteiger partial charge >= 0.3 is 0 Å². The molecule has 1 aromatic carbocycles. The zero-order valence-corrected chi connectivity index (χ0v) is 12.0. The van der Waals surface area contributed by atoms with Crippen molar-refractivity contribution < 1.29 is 9.15 Å². The fourth-order valence-electron chi connectivity index (χ4n) is 2.05. The quantitative estimate of drug-likeness (QED) is 0.860. The van der Waals surface area contributed by atoms with Crippen LogP contribution < -0.4 is 10.1 Å². The van der Waals surface area contributed by atoms with E-state index in [0.717, 1.165) is 23.0 Å². The van der Waals surface area contributed by atoms with Gasteiger partial charge in [0, 0.05) is 5.69 Å². The molecule has 19 heavy (non-hydrogen) atoms. The number of aryl methyl sites for hydroxylation is 2. The minimum atomic E-state index is 0.144. The lowest BCUT2D eigenvalue weighted by Gasteiger charge is -2.16. The number of nitrogens with one attached hydrogen (secondary N) is 1. The maximum Gasteiger partial charge on any atom is 0.126 e. The van der Waals surface area contributed by atoms with Gasteiger partial charge in [-0.3, -0.25) is 0 Å². The van der Waals surface area contributed by atoms with Crippen LogP contribution in [-0.2, 0) is 0 Å². The number of furan rings is 1. The van der Waals surface area contributed by atoms with Gasteiger partial charge in [-0.1, -0.05) is 0 Å². The molecule has 1 atom stereocenters. The number of rotatable bonds is 5. The third-order valence-electron chi connectivity index (χ3n) is 3.07. The van der Waals surface area contributed by atoms with Crippen LogP contribution in [0.2, 0.25) is 0 Å². The monoisotopic (exact) mass is 259 g/mol. The minimum Gasteiger partial charge on any atom is -0.494 e. The number of hydrogen-bond donors (Lipinski definition) is 1. The van der Waals surface area contributed by atoms with Gasteiger partial charge in [-0.15, -0.1) is 0 Å². The Bertz CT molecular complexity index is 545. The van der Waals surface area contributed by atoms with Crippen molar-refractivity contribution in [1.29, 1.82) is 0 Å². The molecule has 0 radical (unpaired) electrons. The first-order valence-electron chi connectivity index (χ1n) is 6.66. The predicted molar refractivity (Wildman–Crippen MR) is 77.8 cm³/mol. The SMILES string of the molecule is CCOc1ccc(NC(C)c2ccc(C)o2)c(C)c1. The van der Waals surface area contributed by atoms with E-state index in [-0.39, 0.29) is 6.04 Å². The van der Waals surface area contributed by atoms with Crippen LogP contribution >= 0.6 is 0 Å². The van der Waals surface area contributed by atoms with Gasteiger partial charge in [-0.25, -0.2) is 0 Å². The standard InChI is InChI=1S/C16H21NO2/c1-5-18-14-7-8-15(11(2)10-14)17-13(4)16-9-6-12(3)19-16/h6-10,13,17H,5H2,1-4H3. The molecule has 0 amide bonds. The number of ether oxygens (including phenoxy) is 1. The molecule has 0 bridgehead atoms. The summed E-state index contributed by atoms with van der Waals surface area (Å²) < 4.78 is 11.1. The Morgan fingerprint density at radius 3 is 2.58 bits per heavy atom. The maximum absolute atomic E-state index is 5.63. The Balaban J connectivity index is 2.10. The van der Waals surface area contributed by atoms with Crippen molar-refractivity contribution in [3.63, 3.8) is 0 Å². The summed E-state index contributed by atoms with van der Waals surface area (Å²) in [6, 6.07) is 10.2. The Morgan fingerprint density at radius 1 is 1.21 bits per heavy atom. The van der Waals surface area contributed by atoms with Gasteiger partial charge in [0.15, 0.2) is 0 Å². The molecule has 1 N–H and O–H groups in total. The molecule has 2 rings (SSSR count). The smallest absolute Gasteiger partial charge is 0.126 e. The summed E-state index contributed by atoms with van der Waals surface area (Å²) in [5, 5.41) is 3.46. The number of benzene rings is 1. The average Bonchev–Trinajstić information content (AvgIpc) is 2.80. The van der Waals surface area contributed by atoms with Gasteiger partial charge in [-0.05, 0) is 63.6 Å². The molecule has 0 saturated heterocycles. The highest BCUT2D eigenvalue weighted by molar-refractivity contribution is 5.54. The summed E-state index contributed by atoms with van der Waals surface area (Å²) in [5.41, 5.74) is 2.27. The fourth-order valence-corrected chi connectivity index (χ4v) is 2.05. The van der Waals surface area contributed by atoms with Crippen molar-refractivity contribution >= 4 is 5.69 Å². The highest BCUT2D eigenvalue weighted by Crippen LogP contribution is 2.26. The molecule has 0 spiro atoms. The zero-order valence-electron chi connectivity index (χ0n) is 12.0. The van der Waals surface area contributed by atoms with Gasteiger partial charge in [0.1, 0.15) is 17.3 Å². The zero-order chi connectivity index (χ0) is 13.8. The average molecular weight is 259 g/mol. The highest BCUT2D eigenvalue weighted by Gasteiger charge is 2.10. The molecule has 0 aliphatic carbocycles. The highest BCUT2D eigenvalue weighted by atomic mass is 16.5. The summed E-state index contributed by atoms with van der Waals surface area (Å²) in [5.74, 6) is 2.80. The van der Waals surface area contributed by atoms with Crippen molar-refractivity contribution in [3.05, 3.63) is 47.4 Å². The Morgan fingerprint density at radius 2 is 2.00 bits per heavy atom. The maximum atomic E-state index is 5.63. The van der Waals surface area contributed by atoms with Crippen molar-refractivity contribution in [2.45, 2.75) is 33.7 Å². The molecule has 0 aliphatic heterocycles. The van der Waals surface area contributed by atoms with Crippen molar-refractivity contribution in [1.82, 2.24) is 0 Å². The van der Waals surface area contributed by atoms with E-state index in [0.29, 0.717) is 6.61 Å². The van der Waals surface area contributed by atoms with E-state index in [9.17, 15) is 0 Å². The second kappa shape index (κ2) is 5.83. The van der Waals surface area contributed by atoms with E-state index in [4.69, 9.17) is 9.15 Å². The Hall–Kier alpha value is -1.90. The summed E-state index contributed by atoms with van der Waals surface area (Å²) in [6.07, 6.45) is 0. The lowest BCUT2D eigenvalue weighted by Crippen LogP contribution is -2.07. The number of anilines is 1. The van der Waals surface area contributed by atoms with Crippen LogP contribution in [0.3, 0.4) is 0 Å².